The molecule has 0 unspecified atom stereocenters. The topological polar surface area (TPSA) is 72.7 Å². The summed E-state index contributed by atoms with van der Waals surface area (Å²) in [5, 5.41) is 6.81. The third-order valence-corrected chi connectivity index (χ3v) is 5.14. The zero-order valence-electron chi connectivity index (χ0n) is 16.3. The fraction of sp³-hybridized carbons (Fsp3) is 0.182. The number of nitrogens with one attached hydrogen (secondary N) is 2. The van der Waals surface area contributed by atoms with Crippen LogP contribution in [0, 0.1) is 0 Å². The average Bonchev–Trinajstić information content (AvgIpc) is 3.42. The van der Waals surface area contributed by atoms with Crippen LogP contribution in [0.4, 0.5) is 17.2 Å². The van der Waals surface area contributed by atoms with Crippen molar-refractivity contribution in [1.29, 1.82) is 0 Å². The van der Waals surface area contributed by atoms with E-state index in [4.69, 9.17) is 14.5 Å². The molecular formula is C22H21N5O2. The van der Waals surface area contributed by atoms with Gasteiger partial charge in [-0.1, -0.05) is 12.1 Å². The lowest BCUT2D eigenvalue weighted by molar-refractivity contribution is 0.355. The van der Waals surface area contributed by atoms with Gasteiger partial charge in [-0.05, 0) is 30.2 Å². The summed E-state index contributed by atoms with van der Waals surface area (Å²) in [5.74, 6) is 2.00. The number of methoxy groups -OCH3 is 2. The van der Waals surface area contributed by atoms with Crippen molar-refractivity contribution >= 4 is 22.8 Å². The number of imidazole rings is 1. The molecule has 146 valence electrons. The van der Waals surface area contributed by atoms with Gasteiger partial charge in [0, 0.05) is 48.1 Å². The summed E-state index contributed by atoms with van der Waals surface area (Å²) in [5.41, 5.74) is 6.06. The quantitative estimate of drug-likeness (QED) is 0.537. The highest BCUT2D eigenvalue weighted by atomic mass is 16.5. The minimum atomic E-state index is 0.651. The Kier molecular flexibility index (Phi) is 4.20. The number of nitrogens with zero attached hydrogens (tertiary/aromatic N) is 3. The lowest BCUT2D eigenvalue weighted by atomic mass is 10.1. The highest BCUT2D eigenvalue weighted by Crippen LogP contribution is 2.33. The Labute approximate surface area is 168 Å². The number of aromatic nitrogens is 3. The van der Waals surface area contributed by atoms with Gasteiger partial charge in [0.1, 0.15) is 0 Å². The van der Waals surface area contributed by atoms with Gasteiger partial charge < -0.3 is 24.5 Å². The Morgan fingerprint density at radius 1 is 1.07 bits per heavy atom. The monoisotopic (exact) mass is 387 g/mol. The molecule has 2 N–H and O–H groups in total. The first kappa shape index (κ1) is 17.4. The summed E-state index contributed by atoms with van der Waals surface area (Å²) >= 11 is 0. The molecule has 0 saturated heterocycles. The number of rotatable bonds is 5. The summed E-state index contributed by atoms with van der Waals surface area (Å²) in [7, 11) is 3.24. The second kappa shape index (κ2) is 7.01. The standard InChI is InChI=1S/C22H21N5O2/c1-28-19-6-5-16(12-20(19)29-2)25-21-22-24-9-10-27(22)13-18(26-21)15-4-3-14-7-8-23-17(14)11-15/h3-6,9-13,23H,7-8H2,1-2H3,(H,25,26). The Morgan fingerprint density at radius 2 is 1.97 bits per heavy atom. The van der Waals surface area contributed by atoms with Crippen molar-refractivity contribution in [1.82, 2.24) is 14.4 Å². The van der Waals surface area contributed by atoms with Gasteiger partial charge in [-0.25, -0.2) is 9.97 Å². The molecule has 1 aliphatic heterocycles. The van der Waals surface area contributed by atoms with Gasteiger partial charge in [-0.15, -0.1) is 0 Å². The maximum Gasteiger partial charge on any atom is 0.180 e. The molecule has 2 aromatic carbocycles. The first-order chi connectivity index (χ1) is 14.2. The van der Waals surface area contributed by atoms with Crippen LogP contribution in [0.3, 0.4) is 0 Å². The molecule has 3 heterocycles. The summed E-state index contributed by atoms with van der Waals surface area (Å²) in [4.78, 5) is 9.32. The summed E-state index contributed by atoms with van der Waals surface area (Å²) < 4.78 is 12.7. The molecule has 0 aliphatic carbocycles. The molecule has 2 aromatic heterocycles. The zero-order valence-corrected chi connectivity index (χ0v) is 16.3. The van der Waals surface area contributed by atoms with Crippen LogP contribution in [-0.4, -0.2) is 35.1 Å². The second-order valence-electron chi connectivity index (χ2n) is 6.88. The summed E-state index contributed by atoms with van der Waals surface area (Å²) in [6.07, 6.45) is 6.76. The molecule has 0 spiro atoms. The third-order valence-electron chi connectivity index (χ3n) is 5.14. The average molecular weight is 387 g/mol. The SMILES string of the molecule is COc1ccc(Nc2nc(-c3ccc4c(c3)NCC4)cn3ccnc23)cc1OC. The van der Waals surface area contributed by atoms with E-state index in [1.54, 1.807) is 20.4 Å². The molecule has 7 heteroatoms. The normalized spacial score (nSPS) is 12.5. The Hall–Kier alpha value is -3.74. The number of hydrogen-bond donors (Lipinski definition) is 2. The molecule has 0 atom stereocenters. The van der Waals surface area contributed by atoms with Crippen molar-refractivity contribution in [2.75, 3.05) is 31.4 Å². The van der Waals surface area contributed by atoms with E-state index in [-0.39, 0.29) is 0 Å². The lowest BCUT2D eigenvalue weighted by Gasteiger charge is -2.13. The second-order valence-corrected chi connectivity index (χ2v) is 6.88. The largest absolute Gasteiger partial charge is 0.493 e. The molecular weight excluding hydrogens is 366 g/mol. The van der Waals surface area contributed by atoms with E-state index in [1.807, 2.05) is 35.0 Å². The van der Waals surface area contributed by atoms with Gasteiger partial charge in [0.25, 0.3) is 0 Å². The van der Waals surface area contributed by atoms with E-state index < -0.39 is 0 Å². The van der Waals surface area contributed by atoms with Crippen molar-refractivity contribution in [3.8, 4) is 22.8 Å². The smallest absolute Gasteiger partial charge is 0.180 e. The summed E-state index contributed by atoms with van der Waals surface area (Å²) in [6.45, 7) is 0.985. The number of anilines is 3. The first-order valence-electron chi connectivity index (χ1n) is 9.45. The van der Waals surface area contributed by atoms with Gasteiger partial charge in [0.05, 0.1) is 19.9 Å². The molecule has 29 heavy (non-hydrogen) atoms. The van der Waals surface area contributed by atoms with Crippen molar-refractivity contribution in [2.24, 2.45) is 0 Å². The Balaban J connectivity index is 1.56. The van der Waals surface area contributed by atoms with Gasteiger partial charge in [0.2, 0.25) is 0 Å². The fourth-order valence-electron chi connectivity index (χ4n) is 3.66. The molecule has 0 fully saturated rings. The molecule has 1 aliphatic rings. The van der Waals surface area contributed by atoms with Crippen molar-refractivity contribution in [3.05, 3.63) is 60.6 Å². The summed E-state index contributed by atoms with van der Waals surface area (Å²) in [6, 6.07) is 12.1. The van der Waals surface area contributed by atoms with E-state index in [1.165, 1.54) is 11.3 Å². The fourth-order valence-corrected chi connectivity index (χ4v) is 3.66. The van der Waals surface area contributed by atoms with E-state index in [9.17, 15) is 0 Å². The van der Waals surface area contributed by atoms with Crippen LogP contribution in [0.2, 0.25) is 0 Å². The van der Waals surface area contributed by atoms with Crippen LogP contribution in [-0.2, 0) is 6.42 Å². The van der Waals surface area contributed by atoms with E-state index in [2.05, 4.69) is 33.8 Å². The van der Waals surface area contributed by atoms with Crippen LogP contribution in [0.1, 0.15) is 5.56 Å². The molecule has 4 aromatic rings. The van der Waals surface area contributed by atoms with E-state index in [0.29, 0.717) is 17.3 Å². The maximum atomic E-state index is 5.41. The molecule has 7 nitrogen and oxygen atoms in total. The number of hydrogen-bond acceptors (Lipinski definition) is 6. The Bertz CT molecular complexity index is 1200. The number of benzene rings is 2. The number of fused-ring (bicyclic) bond motifs is 2. The molecule has 5 rings (SSSR count). The first-order valence-corrected chi connectivity index (χ1v) is 9.45. The predicted molar refractivity (Wildman–Crippen MR) is 113 cm³/mol. The molecule has 0 bridgehead atoms. The predicted octanol–water partition coefficient (Wildman–Crippen LogP) is 4.13. The van der Waals surface area contributed by atoms with Crippen LogP contribution in [0.15, 0.2) is 55.0 Å². The highest BCUT2D eigenvalue weighted by Gasteiger charge is 2.14. The van der Waals surface area contributed by atoms with Crippen LogP contribution in [0.5, 0.6) is 11.5 Å². The minimum absolute atomic E-state index is 0.651. The molecule has 0 radical (unpaired) electrons. The van der Waals surface area contributed by atoms with Crippen LogP contribution >= 0.6 is 0 Å². The van der Waals surface area contributed by atoms with E-state index in [0.717, 1.165) is 35.6 Å². The van der Waals surface area contributed by atoms with Gasteiger partial charge >= 0.3 is 0 Å². The van der Waals surface area contributed by atoms with Crippen LogP contribution < -0.4 is 20.1 Å². The Morgan fingerprint density at radius 3 is 2.83 bits per heavy atom. The zero-order chi connectivity index (χ0) is 19.8. The van der Waals surface area contributed by atoms with Gasteiger partial charge in [-0.2, -0.15) is 0 Å². The highest BCUT2D eigenvalue weighted by molar-refractivity contribution is 5.76. The maximum absolute atomic E-state index is 5.41. The molecule has 0 amide bonds. The third kappa shape index (κ3) is 3.10. The molecule has 0 saturated carbocycles. The number of ether oxygens (including phenoxy) is 2. The van der Waals surface area contributed by atoms with E-state index >= 15 is 0 Å². The lowest BCUT2D eigenvalue weighted by Crippen LogP contribution is -2.01. The minimum Gasteiger partial charge on any atom is -0.493 e. The van der Waals surface area contributed by atoms with Crippen molar-refractivity contribution < 1.29 is 9.47 Å². The van der Waals surface area contributed by atoms with Crippen molar-refractivity contribution in [3.63, 3.8) is 0 Å². The van der Waals surface area contributed by atoms with Crippen LogP contribution in [0.25, 0.3) is 16.9 Å². The van der Waals surface area contributed by atoms with Gasteiger partial charge in [0.15, 0.2) is 23.0 Å². The van der Waals surface area contributed by atoms with Gasteiger partial charge in [-0.3, -0.25) is 0 Å². The van der Waals surface area contributed by atoms with Crippen molar-refractivity contribution in [2.45, 2.75) is 6.42 Å².